The van der Waals surface area contributed by atoms with Crippen molar-refractivity contribution in [3.05, 3.63) is 174 Å². The number of rotatable bonds is 4. The zero-order valence-corrected chi connectivity index (χ0v) is 31.6. The maximum Gasteiger partial charge on any atom is 0.178 e. The number of hydrogen-bond donors (Lipinski definition) is 0. The second kappa shape index (κ2) is 11.8. The van der Waals surface area contributed by atoms with Gasteiger partial charge in [-0.25, -0.2) is 15.0 Å². The van der Waals surface area contributed by atoms with E-state index < -0.39 is 0 Å². The minimum absolute atomic E-state index is 0.120. The molecule has 0 radical (unpaired) electrons. The van der Waals surface area contributed by atoms with Crippen LogP contribution in [0.4, 0.5) is 0 Å². The summed E-state index contributed by atoms with van der Waals surface area (Å²) in [5.74, 6) is 4.77. The molecule has 1 aromatic heterocycles. The number of hydrogen-bond acceptors (Lipinski definition) is 5. The molecule has 2 aliphatic carbocycles. The normalized spacial score (nSPS) is 14.6. The first-order valence-corrected chi connectivity index (χ1v) is 19.2. The smallest absolute Gasteiger partial charge is 0.178 e. The minimum Gasteiger partial charge on any atom is -0.449 e. The van der Waals surface area contributed by atoms with Crippen LogP contribution in [0.25, 0.3) is 67.5 Å². The molecule has 0 saturated carbocycles. The van der Waals surface area contributed by atoms with Crippen LogP contribution in [0.2, 0.25) is 0 Å². The predicted octanol–water partition coefficient (Wildman–Crippen LogP) is 13.1. The third-order valence-corrected chi connectivity index (χ3v) is 12.0. The first-order chi connectivity index (χ1) is 27.2. The SMILES string of the molecule is CC1(C)c2ccccc2-c2ccc(-c3nc(-c4ccccc4)nc(-c4cccc(-c5ccc6c(c5)Oc5ccc7c(c5O6)-c5ccccc5C7(C)C)c4)n3)cc21. The summed E-state index contributed by atoms with van der Waals surface area (Å²) in [6.45, 7) is 9.14. The van der Waals surface area contributed by atoms with E-state index in [1.165, 1.54) is 38.9 Å². The van der Waals surface area contributed by atoms with Crippen LogP contribution in [-0.4, -0.2) is 15.0 Å². The van der Waals surface area contributed by atoms with Crippen molar-refractivity contribution >= 4 is 0 Å². The molecule has 3 aliphatic rings. The van der Waals surface area contributed by atoms with Crippen LogP contribution in [0, 0.1) is 0 Å². The van der Waals surface area contributed by atoms with Gasteiger partial charge in [0.25, 0.3) is 0 Å². The highest BCUT2D eigenvalue weighted by molar-refractivity contribution is 5.88. The van der Waals surface area contributed by atoms with Gasteiger partial charge < -0.3 is 9.47 Å². The fourth-order valence-corrected chi connectivity index (χ4v) is 9.04. The molecule has 7 aromatic carbocycles. The van der Waals surface area contributed by atoms with Crippen molar-refractivity contribution in [3.8, 4) is 90.5 Å². The van der Waals surface area contributed by atoms with Crippen molar-refractivity contribution in [3.63, 3.8) is 0 Å². The first-order valence-electron chi connectivity index (χ1n) is 19.2. The topological polar surface area (TPSA) is 57.1 Å². The molecule has 5 heteroatoms. The van der Waals surface area contributed by atoms with Crippen molar-refractivity contribution in [2.75, 3.05) is 0 Å². The Labute approximate surface area is 326 Å². The van der Waals surface area contributed by atoms with E-state index in [4.69, 9.17) is 24.4 Å². The van der Waals surface area contributed by atoms with Gasteiger partial charge in [0.15, 0.2) is 40.5 Å². The maximum absolute atomic E-state index is 6.67. The van der Waals surface area contributed by atoms with Crippen molar-refractivity contribution in [2.24, 2.45) is 0 Å². The lowest BCUT2D eigenvalue weighted by molar-refractivity contribution is 0.360. The molecule has 0 spiro atoms. The van der Waals surface area contributed by atoms with Gasteiger partial charge in [-0.05, 0) is 80.4 Å². The highest BCUT2D eigenvalue weighted by atomic mass is 16.6. The Hall–Kier alpha value is -6.85. The zero-order valence-electron chi connectivity index (χ0n) is 31.6. The highest BCUT2D eigenvalue weighted by Crippen LogP contribution is 2.58. The second-order valence-electron chi connectivity index (χ2n) is 16.0. The Kier molecular flexibility index (Phi) is 6.88. The molecule has 0 fully saturated rings. The molecule has 0 atom stereocenters. The van der Waals surface area contributed by atoms with E-state index in [1.807, 2.05) is 42.5 Å². The van der Waals surface area contributed by atoms with Crippen LogP contribution < -0.4 is 9.47 Å². The summed E-state index contributed by atoms with van der Waals surface area (Å²) in [5.41, 5.74) is 14.6. The van der Waals surface area contributed by atoms with Crippen LogP contribution in [0.15, 0.2) is 152 Å². The van der Waals surface area contributed by atoms with Crippen LogP contribution in [0.5, 0.6) is 23.0 Å². The van der Waals surface area contributed by atoms with E-state index >= 15 is 0 Å². The number of nitrogens with zero attached hydrogens (tertiary/aromatic N) is 3. The average molecular weight is 724 g/mol. The molecule has 0 bridgehead atoms. The number of aromatic nitrogens is 3. The minimum atomic E-state index is -0.136. The number of fused-ring (bicyclic) bond motifs is 9. The molecule has 0 amide bonds. The summed E-state index contributed by atoms with van der Waals surface area (Å²) in [6, 6.07) is 52.8. The third kappa shape index (κ3) is 4.83. The molecule has 0 saturated heterocycles. The lowest BCUT2D eigenvalue weighted by Gasteiger charge is -2.25. The largest absolute Gasteiger partial charge is 0.449 e. The van der Waals surface area contributed by atoms with Gasteiger partial charge in [0, 0.05) is 33.1 Å². The predicted molar refractivity (Wildman–Crippen MR) is 223 cm³/mol. The second-order valence-corrected chi connectivity index (χ2v) is 16.0. The summed E-state index contributed by atoms with van der Waals surface area (Å²) < 4.78 is 13.3. The molecule has 8 aromatic rings. The fraction of sp³-hybridized carbons (Fsp3) is 0.118. The van der Waals surface area contributed by atoms with E-state index in [2.05, 4.69) is 137 Å². The highest BCUT2D eigenvalue weighted by Gasteiger charge is 2.40. The summed E-state index contributed by atoms with van der Waals surface area (Å²) in [5, 5.41) is 0. The monoisotopic (exact) mass is 723 g/mol. The van der Waals surface area contributed by atoms with Crippen molar-refractivity contribution in [1.82, 2.24) is 15.0 Å². The standard InChI is InChI=1S/C51H37N3O2/c1-50(2)39-20-11-9-18-37(39)45-40(50)24-26-43-46(45)56-42-25-22-32(29-44(42)55-43)31-15-12-16-33(27-31)48-52-47(30-13-6-5-7-14-30)53-49(54-48)34-21-23-36-35-17-8-10-19-38(35)51(3,4)41(36)28-34/h5-29H,1-4H3. The lowest BCUT2D eigenvalue weighted by Crippen LogP contribution is -2.15. The summed E-state index contributed by atoms with van der Waals surface area (Å²) in [6.07, 6.45) is 0. The molecular formula is C51H37N3O2. The van der Waals surface area contributed by atoms with Crippen LogP contribution in [0.1, 0.15) is 49.9 Å². The van der Waals surface area contributed by atoms with Crippen LogP contribution >= 0.6 is 0 Å². The molecule has 0 N–H and O–H groups in total. The molecule has 2 heterocycles. The van der Waals surface area contributed by atoms with Gasteiger partial charge in [0.2, 0.25) is 0 Å². The molecule has 5 nitrogen and oxygen atoms in total. The van der Waals surface area contributed by atoms with Gasteiger partial charge in [0.05, 0.1) is 0 Å². The Morgan fingerprint density at radius 1 is 0.357 bits per heavy atom. The van der Waals surface area contributed by atoms with Crippen molar-refractivity contribution in [2.45, 2.75) is 38.5 Å². The molecule has 1 aliphatic heterocycles. The van der Waals surface area contributed by atoms with Gasteiger partial charge in [0.1, 0.15) is 0 Å². The summed E-state index contributed by atoms with van der Waals surface area (Å²) in [4.78, 5) is 15.2. The van der Waals surface area contributed by atoms with E-state index in [0.29, 0.717) is 29.0 Å². The molecular weight excluding hydrogens is 687 g/mol. The Balaban J connectivity index is 0.967. The quantitative estimate of drug-likeness (QED) is 0.181. The van der Waals surface area contributed by atoms with Gasteiger partial charge in [-0.3, -0.25) is 0 Å². The van der Waals surface area contributed by atoms with E-state index in [9.17, 15) is 0 Å². The Morgan fingerprint density at radius 2 is 0.911 bits per heavy atom. The lowest BCUT2D eigenvalue weighted by atomic mass is 9.82. The van der Waals surface area contributed by atoms with Crippen LogP contribution in [0.3, 0.4) is 0 Å². The average Bonchev–Trinajstić information content (AvgIpc) is 3.62. The van der Waals surface area contributed by atoms with E-state index in [-0.39, 0.29) is 10.8 Å². The van der Waals surface area contributed by atoms with Crippen LogP contribution in [-0.2, 0) is 10.8 Å². The third-order valence-electron chi connectivity index (χ3n) is 12.0. The molecule has 268 valence electrons. The van der Waals surface area contributed by atoms with Gasteiger partial charge >= 0.3 is 0 Å². The fourth-order valence-electron chi connectivity index (χ4n) is 9.04. The van der Waals surface area contributed by atoms with E-state index in [0.717, 1.165) is 44.9 Å². The maximum atomic E-state index is 6.67. The summed E-state index contributed by atoms with van der Waals surface area (Å²) >= 11 is 0. The van der Waals surface area contributed by atoms with Crippen molar-refractivity contribution in [1.29, 1.82) is 0 Å². The van der Waals surface area contributed by atoms with Gasteiger partial charge in [-0.1, -0.05) is 149 Å². The zero-order chi connectivity index (χ0) is 37.8. The summed E-state index contributed by atoms with van der Waals surface area (Å²) in [7, 11) is 0. The van der Waals surface area contributed by atoms with Gasteiger partial charge in [-0.15, -0.1) is 0 Å². The number of benzene rings is 7. The first kappa shape index (κ1) is 32.6. The molecule has 11 rings (SSSR count). The Bertz CT molecular complexity index is 2930. The molecule has 56 heavy (non-hydrogen) atoms. The van der Waals surface area contributed by atoms with Crippen molar-refractivity contribution < 1.29 is 9.47 Å². The molecule has 0 unspecified atom stereocenters. The van der Waals surface area contributed by atoms with Gasteiger partial charge in [-0.2, -0.15) is 0 Å². The number of ether oxygens (including phenoxy) is 2. The Morgan fingerprint density at radius 3 is 1.70 bits per heavy atom. The van der Waals surface area contributed by atoms with E-state index in [1.54, 1.807) is 0 Å².